The number of benzene rings is 2. The van der Waals surface area contributed by atoms with Crippen LogP contribution in [0.15, 0.2) is 42.5 Å². The van der Waals surface area contributed by atoms with Crippen molar-refractivity contribution in [3.8, 4) is 11.5 Å². The number of nitrogens with one attached hydrogen (secondary N) is 2. The number of anilines is 1. The van der Waals surface area contributed by atoms with Crippen LogP contribution < -0.4 is 19.7 Å². The fraction of sp³-hybridized carbons (Fsp3) is 0.333. The molecule has 2 rings (SSSR count). The first-order valence-electron chi connectivity index (χ1n) is 8.97. The van der Waals surface area contributed by atoms with Crippen LogP contribution in [0, 0.1) is 0 Å². The Hall–Kier alpha value is -3.06. The largest absolute Gasteiger partial charge is 0.497 e. The van der Waals surface area contributed by atoms with Crippen LogP contribution in [0.5, 0.6) is 11.5 Å². The predicted molar refractivity (Wildman–Crippen MR) is 108 cm³/mol. The molecule has 7 heteroatoms. The van der Waals surface area contributed by atoms with Crippen LogP contribution in [0.2, 0.25) is 0 Å². The van der Waals surface area contributed by atoms with Gasteiger partial charge in [0.25, 0.3) is 11.8 Å². The lowest BCUT2D eigenvalue weighted by atomic mass is 10.1. The summed E-state index contributed by atoms with van der Waals surface area (Å²) in [6.45, 7) is 0.935. The molecule has 0 saturated carbocycles. The minimum Gasteiger partial charge on any atom is -0.497 e. The van der Waals surface area contributed by atoms with Crippen LogP contribution in [-0.4, -0.2) is 58.6 Å². The number of nitrogens with zero attached hydrogens (tertiary/aromatic N) is 1. The molecule has 0 saturated heterocycles. The number of carbonyl (C=O) groups is 2. The lowest BCUT2D eigenvalue weighted by molar-refractivity contribution is -0.885. The Morgan fingerprint density at radius 2 is 1.71 bits per heavy atom. The summed E-state index contributed by atoms with van der Waals surface area (Å²) in [6, 6.07) is 12.5. The Bertz CT molecular complexity index is 819. The minimum absolute atomic E-state index is 0.0736. The van der Waals surface area contributed by atoms with Crippen LogP contribution in [0.4, 0.5) is 5.69 Å². The van der Waals surface area contributed by atoms with E-state index in [2.05, 4.69) is 5.32 Å². The average molecular weight is 386 g/mol. The molecule has 0 fully saturated rings. The summed E-state index contributed by atoms with van der Waals surface area (Å²) in [4.78, 5) is 26.8. The molecular weight excluding hydrogens is 358 g/mol. The van der Waals surface area contributed by atoms with Crippen LogP contribution >= 0.6 is 0 Å². The molecular formula is C21H28N3O4+. The topological polar surface area (TPSA) is 72.3 Å². The van der Waals surface area contributed by atoms with Gasteiger partial charge < -0.3 is 24.6 Å². The molecule has 1 atom stereocenters. The molecule has 0 aliphatic rings. The number of hydrogen-bond donors (Lipinski definition) is 2. The Morgan fingerprint density at radius 3 is 2.29 bits per heavy atom. The fourth-order valence-corrected chi connectivity index (χ4v) is 2.82. The van der Waals surface area contributed by atoms with E-state index in [1.54, 1.807) is 52.6 Å². The third-order valence-electron chi connectivity index (χ3n) is 4.27. The van der Waals surface area contributed by atoms with Gasteiger partial charge in [-0.05, 0) is 36.4 Å². The zero-order valence-corrected chi connectivity index (χ0v) is 17.0. The second kappa shape index (κ2) is 9.75. The molecule has 2 N–H and O–H groups in total. The molecule has 2 aromatic carbocycles. The summed E-state index contributed by atoms with van der Waals surface area (Å²) in [5.74, 6) is 1.29. The summed E-state index contributed by atoms with van der Waals surface area (Å²) in [7, 11) is 8.58. The molecule has 0 spiro atoms. The highest BCUT2D eigenvalue weighted by molar-refractivity contribution is 5.95. The van der Waals surface area contributed by atoms with Crippen molar-refractivity contribution >= 4 is 17.5 Å². The lowest BCUT2D eigenvalue weighted by Crippen LogP contribution is -3.08. The summed E-state index contributed by atoms with van der Waals surface area (Å²) in [5.41, 5.74) is 2.24. The summed E-state index contributed by atoms with van der Waals surface area (Å²) in [5, 5.41) is 2.86. The molecule has 7 nitrogen and oxygen atoms in total. The van der Waals surface area contributed by atoms with Crippen molar-refractivity contribution in [3.05, 3.63) is 53.6 Å². The van der Waals surface area contributed by atoms with Crippen LogP contribution in [-0.2, 0) is 11.3 Å². The number of quaternary nitrogens is 1. The second-order valence-corrected chi connectivity index (χ2v) is 6.81. The van der Waals surface area contributed by atoms with Crippen LogP contribution in [0.3, 0.4) is 0 Å². The molecule has 0 aromatic heterocycles. The van der Waals surface area contributed by atoms with E-state index in [1.807, 2.05) is 25.2 Å². The smallest absolute Gasteiger partial charge is 0.279 e. The fourth-order valence-electron chi connectivity index (χ4n) is 2.82. The van der Waals surface area contributed by atoms with Gasteiger partial charge in [-0.1, -0.05) is 0 Å². The van der Waals surface area contributed by atoms with Gasteiger partial charge >= 0.3 is 0 Å². The number of rotatable bonds is 8. The zero-order valence-electron chi connectivity index (χ0n) is 17.0. The van der Waals surface area contributed by atoms with Crippen molar-refractivity contribution in [1.29, 1.82) is 0 Å². The lowest BCUT2D eigenvalue weighted by Gasteiger charge is -2.16. The van der Waals surface area contributed by atoms with Crippen molar-refractivity contribution in [2.24, 2.45) is 0 Å². The van der Waals surface area contributed by atoms with Gasteiger partial charge in [0.15, 0.2) is 6.54 Å². The second-order valence-electron chi connectivity index (χ2n) is 6.81. The van der Waals surface area contributed by atoms with E-state index >= 15 is 0 Å². The van der Waals surface area contributed by atoms with E-state index in [9.17, 15) is 9.59 Å². The van der Waals surface area contributed by atoms with Crippen LogP contribution in [0.1, 0.15) is 15.9 Å². The summed E-state index contributed by atoms with van der Waals surface area (Å²) >= 11 is 0. The van der Waals surface area contributed by atoms with Crippen molar-refractivity contribution in [2.45, 2.75) is 6.54 Å². The molecule has 28 heavy (non-hydrogen) atoms. The number of ether oxygens (including phenoxy) is 2. The maximum absolute atomic E-state index is 12.3. The standard InChI is InChI=1S/C21H27N3O4/c1-23(2)21(26)15-6-9-17(10-7-15)22-20(25)14-24(3)13-16-8-11-18(27-4)12-19(16)28-5/h6-12H,13-14H2,1-5H3,(H,22,25)/p+1. The minimum atomic E-state index is -0.100. The molecule has 0 aliphatic carbocycles. The monoisotopic (exact) mass is 386 g/mol. The van der Waals surface area contributed by atoms with Crippen molar-refractivity contribution in [3.63, 3.8) is 0 Å². The third-order valence-corrected chi connectivity index (χ3v) is 4.27. The number of likely N-dealkylation sites (N-methyl/N-ethyl adjacent to an activating group) is 1. The van der Waals surface area contributed by atoms with Gasteiger partial charge in [0.1, 0.15) is 18.0 Å². The van der Waals surface area contributed by atoms with Crippen molar-refractivity contribution in [2.75, 3.05) is 47.2 Å². The molecule has 2 aromatic rings. The Balaban J connectivity index is 1.93. The summed E-state index contributed by atoms with van der Waals surface area (Å²) in [6.07, 6.45) is 0. The van der Waals surface area contributed by atoms with E-state index in [4.69, 9.17) is 9.47 Å². The van der Waals surface area contributed by atoms with Gasteiger partial charge in [0.2, 0.25) is 0 Å². The van der Waals surface area contributed by atoms with Gasteiger partial charge in [-0.25, -0.2) is 0 Å². The normalized spacial score (nSPS) is 11.5. The van der Waals surface area contributed by atoms with E-state index in [1.165, 1.54) is 4.90 Å². The number of methoxy groups -OCH3 is 2. The van der Waals surface area contributed by atoms with Crippen molar-refractivity contribution < 1.29 is 24.0 Å². The first kappa shape index (κ1) is 21.2. The maximum Gasteiger partial charge on any atom is 0.279 e. The average Bonchev–Trinajstić information content (AvgIpc) is 2.68. The maximum atomic E-state index is 12.3. The Labute approximate surface area is 165 Å². The molecule has 1 unspecified atom stereocenters. The highest BCUT2D eigenvalue weighted by Gasteiger charge is 2.15. The van der Waals surface area contributed by atoms with Gasteiger partial charge in [-0.3, -0.25) is 9.59 Å². The molecule has 0 bridgehead atoms. The van der Waals surface area contributed by atoms with E-state index in [0.717, 1.165) is 22.0 Å². The van der Waals surface area contributed by atoms with Crippen molar-refractivity contribution in [1.82, 2.24) is 4.90 Å². The molecule has 150 valence electrons. The highest BCUT2D eigenvalue weighted by Crippen LogP contribution is 2.23. The Morgan fingerprint density at radius 1 is 1.04 bits per heavy atom. The number of hydrogen-bond acceptors (Lipinski definition) is 4. The molecule has 0 heterocycles. The highest BCUT2D eigenvalue weighted by atomic mass is 16.5. The first-order valence-corrected chi connectivity index (χ1v) is 8.97. The van der Waals surface area contributed by atoms with Gasteiger partial charge in [0.05, 0.1) is 21.3 Å². The first-order chi connectivity index (χ1) is 13.3. The van der Waals surface area contributed by atoms with Gasteiger partial charge in [0, 0.05) is 37.0 Å². The Kier molecular flexibility index (Phi) is 7.40. The predicted octanol–water partition coefficient (Wildman–Crippen LogP) is 1.06. The molecule has 0 radical (unpaired) electrons. The van der Waals surface area contributed by atoms with Gasteiger partial charge in [-0.15, -0.1) is 0 Å². The zero-order chi connectivity index (χ0) is 20.7. The third kappa shape index (κ3) is 5.72. The van der Waals surface area contributed by atoms with Gasteiger partial charge in [-0.2, -0.15) is 0 Å². The van der Waals surface area contributed by atoms with E-state index < -0.39 is 0 Å². The van der Waals surface area contributed by atoms with Crippen LogP contribution in [0.25, 0.3) is 0 Å². The molecule has 0 aliphatic heterocycles. The quantitative estimate of drug-likeness (QED) is 0.712. The van der Waals surface area contributed by atoms with E-state index in [-0.39, 0.29) is 11.8 Å². The SMILES string of the molecule is COc1ccc(C[NH+](C)CC(=O)Nc2ccc(C(=O)N(C)C)cc2)c(OC)c1. The summed E-state index contributed by atoms with van der Waals surface area (Å²) < 4.78 is 10.6. The van der Waals surface area contributed by atoms with E-state index in [0.29, 0.717) is 24.3 Å². The number of amides is 2. The number of carbonyl (C=O) groups excluding carboxylic acids is 2. The molecule has 2 amide bonds.